The second kappa shape index (κ2) is 11.3. The molecule has 0 spiro atoms. The van der Waals surface area contributed by atoms with E-state index in [2.05, 4.69) is 15.3 Å². The van der Waals surface area contributed by atoms with E-state index in [4.69, 9.17) is 14.5 Å². The first-order valence-electron chi connectivity index (χ1n) is 13.4. The van der Waals surface area contributed by atoms with E-state index < -0.39 is 16.0 Å². The minimum absolute atomic E-state index is 0.0175. The predicted molar refractivity (Wildman–Crippen MR) is 152 cm³/mol. The van der Waals surface area contributed by atoms with E-state index in [-0.39, 0.29) is 29.7 Å². The van der Waals surface area contributed by atoms with Gasteiger partial charge in [-0.25, -0.2) is 22.8 Å². The van der Waals surface area contributed by atoms with E-state index in [1.54, 1.807) is 47.1 Å². The minimum atomic E-state index is -3.75. The van der Waals surface area contributed by atoms with Crippen LogP contribution in [0.25, 0.3) is 28.5 Å². The summed E-state index contributed by atoms with van der Waals surface area (Å²) in [6.07, 6.45) is 6.55. The van der Waals surface area contributed by atoms with Gasteiger partial charge < -0.3 is 14.8 Å². The van der Waals surface area contributed by atoms with Crippen molar-refractivity contribution in [2.24, 2.45) is 0 Å². The quantitative estimate of drug-likeness (QED) is 0.254. The molecule has 6 rings (SSSR count). The standard InChI is InChI=1S/C29H27FN6O5S/c30-21-8-6-20(7-9-21)26-27(36-16-17-41-29(36)34-26)24-13-14-31-28(33-24)32-22-2-1-15-35(18-22)42(39,40)23-10-3-19(4-11-23)5-12-25(37)38/h3-4,6-11,13-14,16-17,22H,1-2,5,12,15,18H2,(H,37,38)(H,31,32,33)/t22-/m1/s1. The van der Waals surface area contributed by atoms with Gasteiger partial charge in [-0.1, -0.05) is 12.1 Å². The predicted octanol–water partition coefficient (Wildman–Crippen LogP) is 4.47. The number of carboxylic acids is 1. The highest BCUT2D eigenvalue weighted by molar-refractivity contribution is 7.89. The fraction of sp³-hybridized carbons (Fsp3) is 0.241. The van der Waals surface area contributed by atoms with Crippen molar-refractivity contribution in [3.05, 3.63) is 84.6 Å². The van der Waals surface area contributed by atoms with Crippen LogP contribution in [0.4, 0.5) is 10.3 Å². The molecule has 1 atom stereocenters. The zero-order chi connectivity index (χ0) is 29.3. The van der Waals surface area contributed by atoms with Crippen LogP contribution in [0.2, 0.25) is 0 Å². The first-order chi connectivity index (χ1) is 20.3. The first kappa shape index (κ1) is 27.5. The topological polar surface area (TPSA) is 143 Å². The monoisotopic (exact) mass is 590 g/mol. The van der Waals surface area contributed by atoms with E-state index in [1.807, 2.05) is 0 Å². The van der Waals surface area contributed by atoms with Crippen molar-refractivity contribution in [1.82, 2.24) is 23.7 Å². The van der Waals surface area contributed by atoms with Crippen LogP contribution >= 0.6 is 0 Å². The number of hydrogen-bond acceptors (Lipinski definition) is 8. The highest BCUT2D eigenvalue weighted by atomic mass is 32.2. The largest absolute Gasteiger partial charge is 0.481 e. The molecule has 42 heavy (non-hydrogen) atoms. The number of nitrogens with zero attached hydrogens (tertiary/aromatic N) is 5. The summed E-state index contributed by atoms with van der Waals surface area (Å²) in [5.41, 5.74) is 3.24. The summed E-state index contributed by atoms with van der Waals surface area (Å²) in [6.45, 7) is 0.619. The van der Waals surface area contributed by atoms with Gasteiger partial charge in [0.05, 0.1) is 10.6 Å². The summed E-state index contributed by atoms with van der Waals surface area (Å²) in [4.78, 5) is 24.7. The Kier molecular flexibility index (Phi) is 7.43. The van der Waals surface area contributed by atoms with Gasteiger partial charge in [0, 0.05) is 43.5 Å². The van der Waals surface area contributed by atoms with Crippen LogP contribution in [0.3, 0.4) is 0 Å². The summed E-state index contributed by atoms with van der Waals surface area (Å²) in [7, 11) is -3.75. The maximum Gasteiger partial charge on any atom is 0.306 e. The fourth-order valence-electron chi connectivity index (χ4n) is 5.09. The summed E-state index contributed by atoms with van der Waals surface area (Å²) in [5.74, 6) is -0.558. The van der Waals surface area contributed by atoms with Gasteiger partial charge in [-0.2, -0.15) is 9.29 Å². The fourth-order valence-corrected chi connectivity index (χ4v) is 6.61. The van der Waals surface area contributed by atoms with E-state index in [0.717, 1.165) is 12.0 Å². The lowest BCUT2D eigenvalue weighted by Gasteiger charge is -2.32. The van der Waals surface area contributed by atoms with Crippen molar-refractivity contribution >= 4 is 27.8 Å². The van der Waals surface area contributed by atoms with Gasteiger partial charge in [0.2, 0.25) is 16.0 Å². The number of halogens is 1. The Morgan fingerprint density at radius 1 is 1.10 bits per heavy atom. The van der Waals surface area contributed by atoms with Crippen molar-refractivity contribution in [2.75, 3.05) is 18.4 Å². The number of carboxylic acid groups (broad SMARTS) is 1. The van der Waals surface area contributed by atoms with E-state index in [9.17, 15) is 17.6 Å². The molecule has 11 nitrogen and oxygen atoms in total. The lowest BCUT2D eigenvalue weighted by atomic mass is 10.1. The average Bonchev–Trinajstić information content (AvgIpc) is 3.59. The zero-order valence-electron chi connectivity index (χ0n) is 22.4. The number of carbonyl (C=O) groups is 1. The number of aryl methyl sites for hydroxylation is 1. The maximum atomic E-state index is 13.6. The molecular formula is C29H27FN6O5S. The molecule has 5 aromatic rings. The second-order valence-corrected chi connectivity index (χ2v) is 12.0. The normalized spacial score (nSPS) is 16.1. The SMILES string of the molecule is O=C(O)CCc1ccc(S(=O)(=O)N2CCC[C@@H](Nc3nccc(-c4c(-c5ccc(F)cc5)nc5occn45)n3)C2)cc1. The Balaban J connectivity index is 1.21. The molecule has 1 fully saturated rings. The zero-order valence-corrected chi connectivity index (χ0v) is 23.2. The van der Waals surface area contributed by atoms with Crippen LogP contribution in [0.1, 0.15) is 24.8 Å². The van der Waals surface area contributed by atoms with Crippen molar-refractivity contribution in [3.8, 4) is 22.6 Å². The summed E-state index contributed by atoms with van der Waals surface area (Å²) < 4.78 is 49.1. The van der Waals surface area contributed by atoms with Crippen LogP contribution in [-0.4, -0.2) is 62.3 Å². The van der Waals surface area contributed by atoms with Crippen molar-refractivity contribution in [3.63, 3.8) is 0 Å². The van der Waals surface area contributed by atoms with E-state index in [0.29, 0.717) is 53.8 Å². The molecule has 2 N–H and O–H groups in total. The highest BCUT2D eigenvalue weighted by Crippen LogP contribution is 2.33. The molecule has 0 amide bonds. The Labute approximate surface area is 240 Å². The number of aromatic nitrogens is 4. The number of imidazole rings is 1. The summed E-state index contributed by atoms with van der Waals surface area (Å²) >= 11 is 0. The van der Waals surface area contributed by atoms with Crippen LogP contribution in [0.5, 0.6) is 0 Å². The molecule has 0 unspecified atom stereocenters. The van der Waals surface area contributed by atoms with Crippen LogP contribution < -0.4 is 5.32 Å². The number of sulfonamides is 1. The Hall–Kier alpha value is -4.62. The number of fused-ring (bicyclic) bond motifs is 1. The number of rotatable bonds is 9. The summed E-state index contributed by atoms with van der Waals surface area (Å²) in [6, 6.07) is 13.9. The molecule has 2 aromatic carbocycles. The molecule has 4 heterocycles. The Bertz CT molecular complexity index is 1840. The third-order valence-electron chi connectivity index (χ3n) is 7.18. The lowest BCUT2D eigenvalue weighted by Crippen LogP contribution is -2.45. The molecule has 0 bridgehead atoms. The molecule has 0 aliphatic carbocycles. The van der Waals surface area contributed by atoms with Crippen LogP contribution in [-0.2, 0) is 21.2 Å². The number of oxazole rings is 1. The highest BCUT2D eigenvalue weighted by Gasteiger charge is 2.31. The third-order valence-corrected chi connectivity index (χ3v) is 9.06. The first-order valence-corrected chi connectivity index (χ1v) is 14.8. The molecular weight excluding hydrogens is 563 g/mol. The Morgan fingerprint density at radius 2 is 1.88 bits per heavy atom. The van der Waals surface area contributed by atoms with Gasteiger partial charge in [-0.3, -0.25) is 9.20 Å². The molecule has 1 aliphatic heterocycles. The number of anilines is 1. The van der Waals surface area contributed by atoms with Crippen molar-refractivity contribution in [2.45, 2.75) is 36.6 Å². The number of piperidine rings is 1. The van der Waals surface area contributed by atoms with E-state index in [1.165, 1.54) is 34.8 Å². The van der Waals surface area contributed by atoms with Gasteiger partial charge in [-0.05, 0) is 67.3 Å². The molecule has 0 radical (unpaired) electrons. The average molecular weight is 591 g/mol. The smallest absolute Gasteiger partial charge is 0.306 e. The van der Waals surface area contributed by atoms with Crippen LogP contribution in [0.15, 0.2) is 82.6 Å². The van der Waals surface area contributed by atoms with Gasteiger partial charge >= 0.3 is 11.8 Å². The van der Waals surface area contributed by atoms with Gasteiger partial charge in [-0.15, -0.1) is 0 Å². The number of hydrogen-bond donors (Lipinski definition) is 2. The maximum absolute atomic E-state index is 13.6. The number of aliphatic carboxylic acids is 1. The van der Waals surface area contributed by atoms with E-state index >= 15 is 0 Å². The van der Waals surface area contributed by atoms with Gasteiger partial charge in [0.15, 0.2) is 0 Å². The van der Waals surface area contributed by atoms with Gasteiger partial charge in [0.25, 0.3) is 0 Å². The van der Waals surface area contributed by atoms with Gasteiger partial charge in [0.1, 0.15) is 23.5 Å². The molecule has 216 valence electrons. The van der Waals surface area contributed by atoms with Crippen LogP contribution in [0, 0.1) is 5.82 Å². The summed E-state index contributed by atoms with van der Waals surface area (Å²) in [5, 5.41) is 12.2. The number of nitrogens with one attached hydrogen (secondary N) is 1. The lowest BCUT2D eigenvalue weighted by molar-refractivity contribution is -0.136. The molecule has 3 aromatic heterocycles. The van der Waals surface area contributed by atoms with Crippen molar-refractivity contribution in [1.29, 1.82) is 0 Å². The Morgan fingerprint density at radius 3 is 2.64 bits per heavy atom. The third kappa shape index (κ3) is 5.60. The molecule has 13 heteroatoms. The number of benzene rings is 2. The van der Waals surface area contributed by atoms with Crippen molar-refractivity contribution < 1.29 is 27.1 Å². The molecule has 1 aliphatic rings. The minimum Gasteiger partial charge on any atom is -0.481 e. The second-order valence-electron chi connectivity index (χ2n) is 10.0. The molecule has 1 saturated heterocycles. The molecule has 0 saturated carbocycles.